The Morgan fingerprint density at radius 2 is 2.27 bits per heavy atom. The number of aliphatic hydroxyl groups excluding tert-OH is 1. The van der Waals surface area contributed by atoms with Crippen molar-refractivity contribution in [2.24, 2.45) is 0 Å². The van der Waals surface area contributed by atoms with Crippen LogP contribution in [0.5, 0.6) is 0 Å². The molecule has 3 N–H and O–H groups in total. The standard InChI is InChI=1S/C16H20FN3O2/c17-12-1-4-14-11(10-19-15(14)9-12)5-6-18-16(22)20(7-8-21)13-2-3-13/h1,4,9-10,13,19,21H,2-3,5-8H2,(H,18,22). The number of urea groups is 1. The number of hydrogen-bond donors (Lipinski definition) is 3. The van der Waals surface area contributed by atoms with E-state index in [2.05, 4.69) is 10.3 Å². The van der Waals surface area contributed by atoms with Crippen LogP contribution in [0.15, 0.2) is 24.4 Å². The number of carbonyl (C=O) groups is 1. The van der Waals surface area contributed by atoms with Gasteiger partial charge in [0.25, 0.3) is 0 Å². The van der Waals surface area contributed by atoms with Gasteiger partial charge in [0.05, 0.1) is 6.61 Å². The largest absolute Gasteiger partial charge is 0.395 e. The Morgan fingerprint density at radius 1 is 1.45 bits per heavy atom. The summed E-state index contributed by atoms with van der Waals surface area (Å²) in [4.78, 5) is 16.8. The van der Waals surface area contributed by atoms with Crippen molar-refractivity contribution in [1.82, 2.24) is 15.2 Å². The number of aromatic amines is 1. The van der Waals surface area contributed by atoms with Gasteiger partial charge in [-0.2, -0.15) is 0 Å². The molecule has 1 fully saturated rings. The lowest BCUT2D eigenvalue weighted by molar-refractivity contribution is 0.174. The van der Waals surface area contributed by atoms with Gasteiger partial charge in [-0.3, -0.25) is 0 Å². The number of amides is 2. The Morgan fingerprint density at radius 3 is 3.00 bits per heavy atom. The normalized spacial score (nSPS) is 14.3. The molecule has 2 aromatic rings. The first-order chi connectivity index (χ1) is 10.7. The Kier molecular flexibility index (Phi) is 4.29. The molecule has 118 valence electrons. The number of aromatic nitrogens is 1. The van der Waals surface area contributed by atoms with Crippen molar-refractivity contribution in [2.45, 2.75) is 25.3 Å². The highest BCUT2D eigenvalue weighted by Gasteiger charge is 2.31. The number of halogens is 1. The lowest BCUT2D eigenvalue weighted by Crippen LogP contribution is -2.43. The molecule has 1 aromatic heterocycles. The third kappa shape index (κ3) is 3.22. The molecule has 3 rings (SSSR count). The van der Waals surface area contributed by atoms with Crippen molar-refractivity contribution in [3.8, 4) is 0 Å². The maximum Gasteiger partial charge on any atom is 0.317 e. The molecule has 0 spiro atoms. The van der Waals surface area contributed by atoms with Gasteiger partial charge in [-0.1, -0.05) is 0 Å². The molecule has 1 saturated carbocycles. The number of fused-ring (bicyclic) bond motifs is 1. The van der Waals surface area contributed by atoms with E-state index < -0.39 is 0 Å². The summed E-state index contributed by atoms with van der Waals surface area (Å²) < 4.78 is 13.1. The van der Waals surface area contributed by atoms with Crippen LogP contribution in [0.4, 0.5) is 9.18 Å². The number of hydrogen-bond acceptors (Lipinski definition) is 2. The van der Waals surface area contributed by atoms with Crippen LogP contribution >= 0.6 is 0 Å². The first-order valence-corrected chi connectivity index (χ1v) is 7.60. The van der Waals surface area contributed by atoms with Gasteiger partial charge in [0.1, 0.15) is 5.82 Å². The molecule has 0 atom stereocenters. The fourth-order valence-electron chi connectivity index (χ4n) is 2.71. The predicted octanol–water partition coefficient (Wildman–Crippen LogP) is 2.02. The van der Waals surface area contributed by atoms with Crippen LogP contribution in [-0.4, -0.2) is 46.8 Å². The van der Waals surface area contributed by atoms with Crippen molar-refractivity contribution in [3.63, 3.8) is 0 Å². The van der Waals surface area contributed by atoms with Gasteiger partial charge in [-0.25, -0.2) is 9.18 Å². The summed E-state index contributed by atoms with van der Waals surface area (Å²) in [6.07, 6.45) is 4.56. The lowest BCUT2D eigenvalue weighted by Gasteiger charge is -2.21. The van der Waals surface area contributed by atoms with Crippen molar-refractivity contribution in [3.05, 3.63) is 35.8 Å². The number of H-pyrrole nitrogens is 1. The highest BCUT2D eigenvalue weighted by molar-refractivity contribution is 5.83. The van der Waals surface area contributed by atoms with E-state index in [1.807, 2.05) is 6.20 Å². The van der Waals surface area contributed by atoms with Crippen LogP contribution in [0.1, 0.15) is 18.4 Å². The second-order valence-corrected chi connectivity index (χ2v) is 5.63. The third-order valence-corrected chi connectivity index (χ3v) is 3.99. The van der Waals surface area contributed by atoms with Crippen molar-refractivity contribution < 1.29 is 14.3 Å². The topological polar surface area (TPSA) is 68.4 Å². The Hall–Kier alpha value is -2.08. The first-order valence-electron chi connectivity index (χ1n) is 7.60. The Balaban J connectivity index is 1.56. The minimum absolute atomic E-state index is 0.0159. The number of nitrogens with zero attached hydrogens (tertiary/aromatic N) is 1. The minimum atomic E-state index is -0.265. The van der Waals surface area contributed by atoms with E-state index in [-0.39, 0.29) is 24.5 Å². The van der Waals surface area contributed by atoms with E-state index in [9.17, 15) is 9.18 Å². The van der Waals surface area contributed by atoms with Gasteiger partial charge in [0, 0.05) is 36.2 Å². The summed E-state index contributed by atoms with van der Waals surface area (Å²) >= 11 is 0. The second-order valence-electron chi connectivity index (χ2n) is 5.63. The maximum atomic E-state index is 13.1. The van der Waals surface area contributed by atoms with E-state index in [1.54, 1.807) is 11.0 Å². The maximum absolute atomic E-state index is 13.1. The molecule has 0 aliphatic heterocycles. The van der Waals surface area contributed by atoms with E-state index in [0.717, 1.165) is 29.3 Å². The summed E-state index contributed by atoms with van der Waals surface area (Å²) in [5.41, 5.74) is 1.82. The van der Waals surface area contributed by atoms with Crippen molar-refractivity contribution in [2.75, 3.05) is 19.7 Å². The number of carbonyl (C=O) groups excluding carboxylic acids is 1. The predicted molar refractivity (Wildman–Crippen MR) is 82.2 cm³/mol. The fourth-order valence-corrected chi connectivity index (χ4v) is 2.71. The van der Waals surface area contributed by atoms with Crippen LogP contribution < -0.4 is 5.32 Å². The van der Waals surface area contributed by atoms with Gasteiger partial charge in [0.2, 0.25) is 0 Å². The van der Waals surface area contributed by atoms with E-state index in [0.29, 0.717) is 19.5 Å². The Bertz CT molecular complexity index is 666. The summed E-state index contributed by atoms with van der Waals surface area (Å²) in [6, 6.07) is 4.81. The smallest absolute Gasteiger partial charge is 0.317 e. The van der Waals surface area contributed by atoms with E-state index in [1.165, 1.54) is 12.1 Å². The van der Waals surface area contributed by atoms with E-state index in [4.69, 9.17) is 5.11 Å². The lowest BCUT2D eigenvalue weighted by atomic mass is 10.1. The molecule has 2 amide bonds. The zero-order valence-electron chi connectivity index (χ0n) is 12.3. The molecular formula is C16H20FN3O2. The molecule has 1 aliphatic carbocycles. The number of nitrogens with one attached hydrogen (secondary N) is 2. The molecule has 1 aliphatic rings. The average molecular weight is 305 g/mol. The zero-order chi connectivity index (χ0) is 15.5. The van der Waals surface area contributed by atoms with Gasteiger partial charge in [-0.15, -0.1) is 0 Å². The van der Waals surface area contributed by atoms with Crippen LogP contribution in [-0.2, 0) is 6.42 Å². The van der Waals surface area contributed by atoms with Gasteiger partial charge in [-0.05, 0) is 43.0 Å². The molecular weight excluding hydrogens is 285 g/mol. The molecule has 0 radical (unpaired) electrons. The highest BCUT2D eigenvalue weighted by Crippen LogP contribution is 2.26. The molecule has 6 heteroatoms. The SMILES string of the molecule is O=C(NCCc1c[nH]c2cc(F)ccc12)N(CCO)C1CC1. The summed E-state index contributed by atoms with van der Waals surface area (Å²) in [5.74, 6) is -0.265. The Labute approximate surface area is 128 Å². The highest BCUT2D eigenvalue weighted by atomic mass is 19.1. The summed E-state index contributed by atoms with van der Waals surface area (Å²) in [5, 5.41) is 12.9. The summed E-state index contributed by atoms with van der Waals surface area (Å²) in [7, 11) is 0. The average Bonchev–Trinajstić information content (AvgIpc) is 3.26. The van der Waals surface area contributed by atoms with Gasteiger partial charge in [0.15, 0.2) is 0 Å². The molecule has 0 unspecified atom stereocenters. The molecule has 1 heterocycles. The quantitative estimate of drug-likeness (QED) is 0.764. The minimum Gasteiger partial charge on any atom is -0.395 e. The molecule has 22 heavy (non-hydrogen) atoms. The van der Waals surface area contributed by atoms with Crippen LogP contribution in [0.2, 0.25) is 0 Å². The zero-order valence-corrected chi connectivity index (χ0v) is 12.3. The molecule has 0 bridgehead atoms. The van der Waals surface area contributed by atoms with Crippen LogP contribution in [0, 0.1) is 5.82 Å². The number of rotatable bonds is 6. The fraction of sp³-hybridized carbons (Fsp3) is 0.438. The molecule has 5 nitrogen and oxygen atoms in total. The van der Waals surface area contributed by atoms with Gasteiger partial charge >= 0.3 is 6.03 Å². The third-order valence-electron chi connectivity index (χ3n) is 3.99. The van der Waals surface area contributed by atoms with Crippen LogP contribution in [0.25, 0.3) is 10.9 Å². The first kappa shape index (κ1) is 14.8. The molecule has 0 saturated heterocycles. The number of aliphatic hydroxyl groups is 1. The monoisotopic (exact) mass is 305 g/mol. The molecule has 1 aromatic carbocycles. The number of benzene rings is 1. The summed E-state index contributed by atoms with van der Waals surface area (Å²) in [6.45, 7) is 0.874. The van der Waals surface area contributed by atoms with Crippen molar-refractivity contribution in [1.29, 1.82) is 0 Å². The van der Waals surface area contributed by atoms with Gasteiger partial charge < -0.3 is 20.3 Å². The van der Waals surface area contributed by atoms with Crippen molar-refractivity contribution >= 4 is 16.9 Å². The van der Waals surface area contributed by atoms with E-state index >= 15 is 0 Å². The second kappa shape index (κ2) is 6.36. The van der Waals surface area contributed by atoms with Crippen LogP contribution in [0.3, 0.4) is 0 Å².